The van der Waals surface area contributed by atoms with Crippen LogP contribution in [0.15, 0.2) is 141 Å². The molecule has 0 aromatic heterocycles. The maximum atomic E-state index is 13.9. The van der Waals surface area contributed by atoms with Crippen molar-refractivity contribution in [2.45, 2.75) is 245 Å². The van der Waals surface area contributed by atoms with E-state index in [1.807, 2.05) is 31.2 Å². The minimum atomic E-state index is -1.74. The number of unbranched alkanes of at least 4 members (excludes halogenated alkanes) is 32. The molecule has 0 radical (unpaired) electrons. The van der Waals surface area contributed by atoms with Crippen LogP contribution in [0.1, 0.15) is 285 Å². The van der Waals surface area contributed by atoms with E-state index in [1.54, 1.807) is 54.7 Å². The lowest BCUT2D eigenvalue weighted by atomic mass is 9.80. The Morgan fingerprint density at radius 2 is 0.609 bits per heavy atom. The second kappa shape index (κ2) is 72.4. The van der Waals surface area contributed by atoms with Crippen LogP contribution in [0.25, 0.3) is 0 Å². The van der Waals surface area contributed by atoms with Crippen molar-refractivity contribution < 1.29 is 96.6 Å². The zero-order chi connectivity index (χ0) is 84.7. The van der Waals surface area contributed by atoms with Gasteiger partial charge in [-0.25, -0.2) is 28.4 Å². The van der Waals surface area contributed by atoms with Crippen LogP contribution in [0.3, 0.4) is 0 Å². The van der Waals surface area contributed by atoms with Gasteiger partial charge in [0, 0.05) is 34.9 Å². The van der Waals surface area contributed by atoms with Crippen LogP contribution >= 0.6 is 35.3 Å². The van der Waals surface area contributed by atoms with Gasteiger partial charge in [0.15, 0.2) is 17.3 Å². The van der Waals surface area contributed by atoms with Gasteiger partial charge >= 0.3 is 51.2 Å². The molecule has 0 aliphatic heterocycles. The smallest absolute Gasteiger partial charge is 0.463 e. The first-order chi connectivity index (χ1) is 55.5. The molecule has 0 fully saturated rings. The van der Waals surface area contributed by atoms with Gasteiger partial charge in [0.2, 0.25) is 0 Å². The molecule has 6 N–H and O–H groups in total. The Labute approximate surface area is 699 Å². The highest BCUT2D eigenvalue weighted by molar-refractivity contribution is 8.00. The van der Waals surface area contributed by atoms with Gasteiger partial charge in [-0.15, -0.1) is 0 Å². The maximum absolute atomic E-state index is 13.9. The summed E-state index contributed by atoms with van der Waals surface area (Å²) in [5.41, 5.74) is 4.26. The number of halogens is 1. The molecule has 0 amide bonds. The Morgan fingerprint density at radius 3 is 0.904 bits per heavy atom. The van der Waals surface area contributed by atoms with Crippen LogP contribution in [-0.2, 0) is 42.9 Å². The minimum absolute atomic E-state index is 0.00855. The van der Waals surface area contributed by atoms with Gasteiger partial charge in [-0.05, 0) is 123 Å². The van der Waals surface area contributed by atoms with Gasteiger partial charge in [-0.2, -0.15) is 35.3 Å². The molecule has 4 aromatic carbocycles. The fraction of sp³-hybridized carbons (Fsp3) is 0.551. The molecule has 4 rings (SSSR count). The zero-order valence-corrected chi connectivity index (χ0v) is 71.2. The van der Waals surface area contributed by atoms with E-state index >= 15 is 0 Å². The van der Waals surface area contributed by atoms with Crippen LogP contribution in [0.5, 0.6) is 0 Å². The number of ether oxygens (including phenoxy) is 5. The standard InChI is InChI=1S/C24H36O3S.C22H32BFO5S.C22H33BO5S.C21H31BO6/c1-20(2)24(26)27-17-11-9-7-5-4-6-8-10-12-18-28-19-23(25)22-15-13-21(3)14-16-22;1-2-22(26)29-14-10-8-6-4-3-5-7-9-11-15-30-17-21(25)19-13-12-18(23(27)28)16-20(19)24;1-2-22(25)28-16-10-8-6-4-3-5-7-9-11-17-29-18-21(24)19-12-14-20(15-13-19)23(26)27;1-2-20(23)27-16-10-8-6-4-3-5-7-9-11-17-28-21(24)18-12-14-19(15-13-18)22(25)26/h13-16H,1,4-12,17-19H2,2-3H3;2,12-13,16,27-28H,1,3-11,14-15,17H2;2,12-15,26-27H,1,3-11,16-18H2;2,12-15,25-26H,1,3-11,16-17H2. The Hall–Kier alpha value is -6.87. The average Bonchev–Trinajstić information content (AvgIpc) is 0.864. The number of hydrogen-bond acceptors (Lipinski definition) is 22. The van der Waals surface area contributed by atoms with Crippen LogP contribution in [0.4, 0.5) is 4.39 Å². The maximum Gasteiger partial charge on any atom is 0.488 e. The Morgan fingerprint density at radius 1 is 0.348 bits per heavy atom. The number of aryl methyl sites for hydroxylation is 1. The number of esters is 5. The van der Waals surface area contributed by atoms with Gasteiger partial charge in [0.1, 0.15) is 5.82 Å². The number of hydrogen-bond donors (Lipinski definition) is 6. The molecule has 0 aliphatic carbocycles. The van der Waals surface area contributed by atoms with Gasteiger partial charge in [0.05, 0.1) is 61.4 Å². The third-order valence-electron chi connectivity index (χ3n) is 18.3. The van der Waals surface area contributed by atoms with Crippen molar-refractivity contribution in [3.8, 4) is 0 Å². The fourth-order valence-electron chi connectivity index (χ4n) is 11.3. The zero-order valence-electron chi connectivity index (χ0n) is 68.8. The number of thioether (sulfide) groups is 3. The number of carbonyl (C=O) groups is 8. The van der Waals surface area contributed by atoms with E-state index in [-0.39, 0.29) is 58.0 Å². The van der Waals surface area contributed by atoms with Crippen molar-refractivity contribution in [2.75, 3.05) is 67.6 Å². The van der Waals surface area contributed by atoms with Crippen molar-refractivity contribution in [3.63, 3.8) is 0 Å². The Kier molecular flexibility index (Phi) is 66.8. The van der Waals surface area contributed by atoms with Crippen molar-refractivity contribution in [1.82, 2.24) is 0 Å². The van der Waals surface area contributed by atoms with Gasteiger partial charge < -0.3 is 53.8 Å². The molecule has 636 valence electrons. The molecule has 19 nitrogen and oxygen atoms in total. The molecule has 0 bridgehead atoms. The van der Waals surface area contributed by atoms with E-state index in [0.29, 0.717) is 72.2 Å². The third kappa shape index (κ3) is 59.5. The topological polar surface area (TPSA) is 304 Å². The molecule has 0 spiro atoms. The lowest BCUT2D eigenvalue weighted by Gasteiger charge is -2.06. The summed E-state index contributed by atoms with van der Waals surface area (Å²) in [6.07, 6.45) is 44.5. The van der Waals surface area contributed by atoms with Crippen LogP contribution < -0.4 is 16.4 Å². The summed E-state index contributed by atoms with van der Waals surface area (Å²) in [7, 11) is -4.78. The predicted molar refractivity (Wildman–Crippen MR) is 471 cm³/mol. The summed E-state index contributed by atoms with van der Waals surface area (Å²) in [4.78, 5) is 91.9. The van der Waals surface area contributed by atoms with Gasteiger partial charge in [-0.1, -0.05) is 278 Å². The number of benzene rings is 4. The molecule has 4 aromatic rings. The summed E-state index contributed by atoms with van der Waals surface area (Å²) in [6, 6.07) is 24.0. The third-order valence-corrected chi connectivity index (χ3v) is 21.4. The van der Waals surface area contributed by atoms with Crippen LogP contribution in [0.2, 0.25) is 0 Å². The van der Waals surface area contributed by atoms with Crippen LogP contribution in [-0.4, -0.2) is 166 Å². The van der Waals surface area contributed by atoms with Crippen molar-refractivity contribution in [3.05, 3.63) is 175 Å². The first kappa shape index (κ1) is 106. The predicted octanol–water partition coefficient (Wildman–Crippen LogP) is 16.5. The largest absolute Gasteiger partial charge is 0.488 e. The number of carbonyl (C=O) groups excluding carboxylic acids is 8. The van der Waals surface area contributed by atoms with Crippen molar-refractivity contribution >= 4 is 120 Å². The Bertz CT molecular complexity index is 3320. The van der Waals surface area contributed by atoms with E-state index < -0.39 is 33.1 Å². The lowest BCUT2D eigenvalue weighted by molar-refractivity contribution is -0.139. The second-order valence-corrected chi connectivity index (χ2v) is 31.6. The first-order valence-electron chi connectivity index (χ1n) is 41.4. The number of ketones is 3. The molecule has 0 aliphatic rings. The summed E-state index contributed by atoms with van der Waals surface area (Å²) in [6.45, 7) is 19.7. The quantitative estimate of drug-likeness (QED) is 0.00597. The first-order valence-corrected chi connectivity index (χ1v) is 44.9. The molecule has 0 atom stereocenters. The van der Waals surface area contributed by atoms with E-state index in [0.717, 1.165) is 132 Å². The average molecular weight is 1650 g/mol. The molecule has 0 saturated heterocycles. The van der Waals surface area contributed by atoms with Gasteiger partial charge in [-0.3, -0.25) is 14.4 Å². The summed E-state index contributed by atoms with van der Waals surface area (Å²) >= 11 is 4.91. The Balaban J connectivity index is 0.000000767. The van der Waals surface area contributed by atoms with Gasteiger partial charge in [0.25, 0.3) is 0 Å². The van der Waals surface area contributed by atoms with E-state index in [9.17, 15) is 42.7 Å². The summed E-state index contributed by atoms with van der Waals surface area (Å²) in [5.74, 6) is 1.78. The molecule has 0 heterocycles. The molecule has 0 unspecified atom stereocenters. The fourth-order valence-corrected chi connectivity index (χ4v) is 14.0. The molecule has 115 heavy (non-hydrogen) atoms. The normalized spacial score (nSPS) is 10.5. The number of Topliss-reactive ketones (excluding diaryl/α,β-unsaturated/α-hetero) is 3. The summed E-state index contributed by atoms with van der Waals surface area (Å²) in [5, 5.41) is 54.2. The van der Waals surface area contributed by atoms with E-state index in [1.165, 1.54) is 200 Å². The monoisotopic (exact) mass is 1650 g/mol. The molecular formula is C89H132B3FO19S3. The lowest BCUT2D eigenvalue weighted by Crippen LogP contribution is -2.30. The van der Waals surface area contributed by atoms with Crippen molar-refractivity contribution in [1.29, 1.82) is 0 Å². The second-order valence-electron chi connectivity index (χ2n) is 28.3. The molecular weight excluding hydrogens is 1520 g/mol. The van der Waals surface area contributed by atoms with Crippen molar-refractivity contribution in [2.24, 2.45) is 0 Å². The summed E-state index contributed by atoms with van der Waals surface area (Å²) < 4.78 is 39.0. The van der Waals surface area contributed by atoms with E-state index in [4.69, 9.17) is 53.8 Å². The number of rotatable bonds is 65. The minimum Gasteiger partial charge on any atom is -0.463 e. The van der Waals surface area contributed by atoms with Crippen LogP contribution in [0, 0.1) is 12.7 Å². The molecule has 26 heteroatoms. The highest BCUT2D eigenvalue weighted by Gasteiger charge is 2.19. The van der Waals surface area contributed by atoms with E-state index in [2.05, 4.69) is 26.3 Å². The highest BCUT2D eigenvalue weighted by Crippen LogP contribution is 2.19. The molecule has 0 saturated carbocycles. The SMILES string of the molecule is C=C(C)C(=O)OCCCCCCCCCCCSCC(=O)c1ccc(C)cc1.C=CC(=O)OCCCCCCCCCCCOC(=O)c1ccc(B(O)O)cc1.C=CC(=O)OCCCCCCCCCCCSCC(=O)c1ccc(B(O)O)cc1.C=CC(=O)OCCCCCCCCCCCSCC(=O)c1ccc(B(O)O)cc1F. The highest BCUT2D eigenvalue weighted by atomic mass is 32.2.